The molecule has 120 valence electrons. The lowest BCUT2D eigenvalue weighted by atomic mass is 10.1. The van der Waals surface area contributed by atoms with E-state index >= 15 is 0 Å². The normalized spacial score (nSPS) is 13.0. The molecule has 0 aliphatic rings. The molecule has 1 rings (SSSR count). The molecular weight excluding hydrogens is 288 g/mol. The molecule has 0 saturated carbocycles. The second-order valence-corrected chi connectivity index (χ2v) is 4.91. The fourth-order valence-corrected chi connectivity index (χ4v) is 1.77. The summed E-state index contributed by atoms with van der Waals surface area (Å²) >= 11 is 0. The van der Waals surface area contributed by atoms with Crippen molar-refractivity contribution in [1.82, 2.24) is 10.6 Å². The third kappa shape index (κ3) is 5.43. The van der Waals surface area contributed by atoms with E-state index in [1.807, 2.05) is 0 Å². The fourth-order valence-electron chi connectivity index (χ4n) is 1.77. The Morgan fingerprint density at radius 2 is 1.73 bits per heavy atom. The van der Waals surface area contributed by atoms with Gasteiger partial charge in [0.2, 0.25) is 11.8 Å². The monoisotopic (exact) mass is 308 g/mol. The predicted octanol–water partition coefficient (Wildman–Crippen LogP) is 0.419. The van der Waals surface area contributed by atoms with Crippen molar-refractivity contribution in [3.05, 3.63) is 29.8 Å². The number of carbonyl (C=O) groups excluding carboxylic acids is 2. The highest BCUT2D eigenvalue weighted by Crippen LogP contribution is 2.11. The number of rotatable bonds is 7. The molecule has 1 aromatic rings. The lowest BCUT2D eigenvalue weighted by molar-refractivity contribution is -0.142. The Hall–Kier alpha value is -2.57. The molecule has 0 unspecified atom stereocenters. The van der Waals surface area contributed by atoms with Crippen LogP contribution in [0, 0.1) is 0 Å². The Labute approximate surface area is 128 Å². The first kappa shape index (κ1) is 17.5. The summed E-state index contributed by atoms with van der Waals surface area (Å²) in [5.74, 6) is -1.94. The molecule has 0 saturated heterocycles. The molecule has 1 aromatic carbocycles. The van der Waals surface area contributed by atoms with Crippen LogP contribution in [-0.4, -0.2) is 40.1 Å². The van der Waals surface area contributed by atoms with E-state index in [9.17, 15) is 24.6 Å². The highest BCUT2D eigenvalue weighted by Gasteiger charge is 2.23. The highest BCUT2D eigenvalue weighted by atomic mass is 16.4. The average molecular weight is 308 g/mol. The number of aromatic hydroxyl groups is 1. The third-order valence-corrected chi connectivity index (χ3v) is 3.08. The quantitative estimate of drug-likeness (QED) is 0.582. The van der Waals surface area contributed by atoms with Crippen LogP contribution in [-0.2, 0) is 20.8 Å². The Bertz CT molecular complexity index is 541. The van der Waals surface area contributed by atoms with Gasteiger partial charge in [-0.2, -0.15) is 0 Å². The molecule has 0 heterocycles. The zero-order chi connectivity index (χ0) is 16.7. The lowest BCUT2D eigenvalue weighted by Crippen LogP contribution is -2.50. The molecule has 0 spiro atoms. The third-order valence-electron chi connectivity index (χ3n) is 3.08. The van der Waals surface area contributed by atoms with E-state index < -0.39 is 24.0 Å². The predicted molar refractivity (Wildman–Crippen MR) is 79.3 cm³/mol. The van der Waals surface area contributed by atoms with E-state index in [2.05, 4.69) is 10.6 Å². The summed E-state index contributed by atoms with van der Waals surface area (Å²) in [5.41, 5.74) is 0.663. The Balaban J connectivity index is 2.67. The largest absolute Gasteiger partial charge is 0.508 e. The van der Waals surface area contributed by atoms with Crippen LogP contribution in [0.1, 0.15) is 25.8 Å². The van der Waals surface area contributed by atoms with Gasteiger partial charge in [-0.15, -0.1) is 0 Å². The fraction of sp³-hybridized carbons (Fsp3) is 0.400. The van der Waals surface area contributed by atoms with Gasteiger partial charge in [0.1, 0.15) is 17.8 Å². The smallest absolute Gasteiger partial charge is 0.326 e. The number of aliphatic carboxylic acids is 1. The van der Waals surface area contributed by atoms with Crippen molar-refractivity contribution in [1.29, 1.82) is 0 Å². The zero-order valence-corrected chi connectivity index (χ0v) is 12.5. The van der Waals surface area contributed by atoms with Crippen LogP contribution in [0.25, 0.3) is 0 Å². The molecule has 2 atom stereocenters. The molecule has 0 aliphatic carbocycles. The second-order valence-electron chi connectivity index (χ2n) is 4.91. The van der Waals surface area contributed by atoms with Crippen molar-refractivity contribution in [2.75, 3.05) is 0 Å². The van der Waals surface area contributed by atoms with Gasteiger partial charge in [-0.25, -0.2) is 4.79 Å². The van der Waals surface area contributed by atoms with E-state index in [4.69, 9.17) is 0 Å². The molecule has 0 aliphatic heterocycles. The van der Waals surface area contributed by atoms with Crippen LogP contribution in [0.4, 0.5) is 0 Å². The molecule has 0 aromatic heterocycles. The Morgan fingerprint density at radius 3 is 2.23 bits per heavy atom. The van der Waals surface area contributed by atoms with Crippen LogP contribution in [0.3, 0.4) is 0 Å². The van der Waals surface area contributed by atoms with Crippen LogP contribution in [0.15, 0.2) is 24.3 Å². The van der Waals surface area contributed by atoms with Gasteiger partial charge in [-0.05, 0) is 24.6 Å². The van der Waals surface area contributed by atoms with E-state index in [0.29, 0.717) is 5.56 Å². The lowest BCUT2D eigenvalue weighted by Gasteiger charge is -2.18. The van der Waals surface area contributed by atoms with Gasteiger partial charge < -0.3 is 20.8 Å². The number of hydrogen-bond donors (Lipinski definition) is 4. The number of nitrogens with one attached hydrogen (secondary N) is 2. The minimum Gasteiger partial charge on any atom is -0.508 e. The van der Waals surface area contributed by atoms with E-state index in [1.165, 1.54) is 19.1 Å². The first-order valence-electron chi connectivity index (χ1n) is 6.94. The number of amides is 2. The van der Waals surface area contributed by atoms with Crippen molar-refractivity contribution in [3.8, 4) is 5.75 Å². The summed E-state index contributed by atoms with van der Waals surface area (Å²) in [6, 6.07) is 4.13. The number of carboxylic acid groups (broad SMARTS) is 1. The van der Waals surface area contributed by atoms with Gasteiger partial charge >= 0.3 is 5.97 Å². The zero-order valence-electron chi connectivity index (χ0n) is 12.5. The van der Waals surface area contributed by atoms with Crippen molar-refractivity contribution in [3.63, 3.8) is 0 Å². The highest BCUT2D eigenvalue weighted by molar-refractivity contribution is 5.90. The molecule has 4 N–H and O–H groups in total. The standard InChI is InChI=1S/C15H20N2O5/c1-3-13(19)16-9(2)14(20)17-12(15(21)22)8-10-4-6-11(18)7-5-10/h4-7,9,12,18H,3,8H2,1-2H3,(H,16,19)(H,17,20)(H,21,22)/t9-,12-/m0/s1. The first-order valence-corrected chi connectivity index (χ1v) is 6.94. The number of carbonyl (C=O) groups is 3. The topological polar surface area (TPSA) is 116 Å². The van der Waals surface area contributed by atoms with Crippen molar-refractivity contribution >= 4 is 17.8 Å². The number of carboxylic acids is 1. The summed E-state index contributed by atoms with van der Waals surface area (Å²) in [6.07, 6.45) is 0.323. The minimum atomic E-state index is -1.17. The van der Waals surface area contributed by atoms with Crippen LogP contribution >= 0.6 is 0 Å². The molecule has 22 heavy (non-hydrogen) atoms. The Kier molecular flexibility index (Phi) is 6.37. The maximum absolute atomic E-state index is 11.9. The molecule has 7 heteroatoms. The average Bonchev–Trinajstić information content (AvgIpc) is 2.48. The summed E-state index contributed by atoms with van der Waals surface area (Å²) in [4.78, 5) is 34.4. The first-order chi connectivity index (χ1) is 10.3. The van der Waals surface area contributed by atoms with Crippen molar-refractivity contribution in [2.45, 2.75) is 38.8 Å². The van der Waals surface area contributed by atoms with E-state index in [0.717, 1.165) is 0 Å². The van der Waals surface area contributed by atoms with Gasteiger partial charge in [0.25, 0.3) is 0 Å². The maximum atomic E-state index is 11.9. The molecular formula is C15H20N2O5. The summed E-state index contributed by atoms with van der Waals surface area (Å²) in [6.45, 7) is 3.15. The van der Waals surface area contributed by atoms with E-state index in [1.54, 1.807) is 19.1 Å². The van der Waals surface area contributed by atoms with Gasteiger partial charge in [0, 0.05) is 12.8 Å². The summed E-state index contributed by atoms with van der Waals surface area (Å²) < 4.78 is 0. The van der Waals surface area contributed by atoms with Gasteiger partial charge in [0.05, 0.1) is 0 Å². The number of benzene rings is 1. The summed E-state index contributed by atoms with van der Waals surface area (Å²) in [5, 5.41) is 23.3. The van der Waals surface area contributed by atoms with Crippen molar-refractivity contribution in [2.24, 2.45) is 0 Å². The molecule has 7 nitrogen and oxygen atoms in total. The van der Waals surface area contributed by atoms with Crippen LogP contribution < -0.4 is 10.6 Å². The van der Waals surface area contributed by atoms with Gasteiger partial charge in [-0.1, -0.05) is 19.1 Å². The van der Waals surface area contributed by atoms with Crippen LogP contribution in [0.5, 0.6) is 5.75 Å². The SMILES string of the molecule is CCC(=O)N[C@@H](C)C(=O)N[C@@H](Cc1ccc(O)cc1)C(=O)O. The molecule has 0 fully saturated rings. The minimum absolute atomic E-state index is 0.0792. The van der Waals surface area contributed by atoms with Gasteiger partial charge in [-0.3, -0.25) is 9.59 Å². The van der Waals surface area contributed by atoms with E-state index in [-0.39, 0.29) is 24.5 Å². The second kappa shape index (κ2) is 8.02. The number of phenols is 1. The van der Waals surface area contributed by atoms with Crippen molar-refractivity contribution < 1.29 is 24.6 Å². The molecule has 2 amide bonds. The Morgan fingerprint density at radius 1 is 1.14 bits per heavy atom. The molecule has 0 bridgehead atoms. The van der Waals surface area contributed by atoms with Gasteiger partial charge in [0.15, 0.2) is 0 Å². The number of phenolic OH excluding ortho intramolecular Hbond substituents is 1. The molecule has 0 radical (unpaired) electrons. The van der Waals surface area contributed by atoms with Crippen LogP contribution in [0.2, 0.25) is 0 Å². The summed E-state index contributed by atoms with van der Waals surface area (Å²) in [7, 11) is 0. The maximum Gasteiger partial charge on any atom is 0.326 e. The number of hydrogen-bond acceptors (Lipinski definition) is 4.